The van der Waals surface area contributed by atoms with E-state index in [1.54, 1.807) is 7.11 Å². The number of amides is 1. The molecule has 0 aliphatic heterocycles. The minimum atomic E-state index is -0.0156. The fourth-order valence-electron chi connectivity index (χ4n) is 1.48. The van der Waals surface area contributed by atoms with Crippen molar-refractivity contribution in [2.24, 2.45) is 0 Å². The van der Waals surface area contributed by atoms with Gasteiger partial charge >= 0.3 is 0 Å². The normalized spacial score (nSPS) is 10.3. The summed E-state index contributed by atoms with van der Waals surface area (Å²) < 4.78 is 4.87. The molecule has 0 aliphatic rings. The van der Waals surface area contributed by atoms with Crippen molar-refractivity contribution in [3.05, 3.63) is 34.9 Å². The van der Waals surface area contributed by atoms with Gasteiger partial charge in [-0.1, -0.05) is 29.8 Å². The van der Waals surface area contributed by atoms with Gasteiger partial charge < -0.3 is 15.4 Å². The van der Waals surface area contributed by atoms with E-state index < -0.39 is 0 Å². The number of halogens is 1. The molecular weight excluding hydrogens is 252 g/mol. The molecule has 0 radical (unpaired) electrons. The minimum absolute atomic E-state index is 0.0156. The van der Waals surface area contributed by atoms with Crippen LogP contribution in [-0.4, -0.2) is 39.3 Å². The van der Waals surface area contributed by atoms with E-state index >= 15 is 0 Å². The SMILES string of the molecule is COCCNCC(=O)NCCc1ccccc1Cl. The Labute approximate surface area is 113 Å². The van der Waals surface area contributed by atoms with Gasteiger partial charge in [0, 0.05) is 25.2 Å². The maximum Gasteiger partial charge on any atom is 0.233 e. The van der Waals surface area contributed by atoms with Gasteiger partial charge in [0.25, 0.3) is 0 Å². The first kappa shape index (κ1) is 15.0. The van der Waals surface area contributed by atoms with Crippen LogP contribution in [0.25, 0.3) is 0 Å². The number of hydrogen-bond donors (Lipinski definition) is 2. The number of ether oxygens (including phenoxy) is 1. The lowest BCUT2D eigenvalue weighted by Crippen LogP contribution is -2.36. The molecule has 0 aromatic heterocycles. The molecule has 0 spiro atoms. The Morgan fingerprint density at radius 2 is 2.11 bits per heavy atom. The molecule has 0 aliphatic carbocycles. The lowest BCUT2D eigenvalue weighted by atomic mass is 10.1. The third kappa shape index (κ3) is 6.00. The summed E-state index contributed by atoms with van der Waals surface area (Å²) >= 11 is 6.02. The number of hydrogen-bond acceptors (Lipinski definition) is 3. The highest BCUT2D eigenvalue weighted by Crippen LogP contribution is 2.14. The lowest BCUT2D eigenvalue weighted by Gasteiger charge is -2.07. The quantitative estimate of drug-likeness (QED) is 0.699. The first-order valence-electron chi connectivity index (χ1n) is 5.94. The van der Waals surface area contributed by atoms with Crippen molar-refractivity contribution in [1.29, 1.82) is 0 Å². The summed E-state index contributed by atoms with van der Waals surface area (Å²) in [4.78, 5) is 11.4. The molecule has 0 saturated carbocycles. The third-order valence-electron chi connectivity index (χ3n) is 2.44. The van der Waals surface area contributed by atoms with E-state index in [1.165, 1.54) is 0 Å². The Morgan fingerprint density at radius 1 is 1.33 bits per heavy atom. The van der Waals surface area contributed by atoms with E-state index in [0.717, 1.165) is 17.0 Å². The summed E-state index contributed by atoms with van der Waals surface area (Å²) in [5, 5.41) is 6.56. The van der Waals surface area contributed by atoms with Crippen molar-refractivity contribution in [1.82, 2.24) is 10.6 Å². The van der Waals surface area contributed by atoms with Gasteiger partial charge in [-0.25, -0.2) is 0 Å². The monoisotopic (exact) mass is 270 g/mol. The van der Waals surface area contributed by atoms with Crippen LogP contribution in [0.2, 0.25) is 5.02 Å². The van der Waals surface area contributed by atoms with Crippen molar-refractivity contribution in [2.75, 3.05) is 33.4 Å². The zero-order valence-electron chi connectivity index (χ0n) is 10.5. The second-order valence-corrected chi connectivity index (χ2v) is 4.27. The Kier molecular flexibility index (Phi) is 7.41. The Balaban J connectivity index is 2.14. The molecule has 18 heavy (non-hydrogen) atoms. The van der Waals surface area contributed by atoms with Crippen LogP contribution in [0.4, 0.5) is 0 Å². The predicted octanol–water partition coefficient (Wildman–Crippen LogP) is 1.23. The second-order valence-electron chi connectivity index (χ2n) is 3.86. The van der Waals surface area contributed by atoms with Crippen molar-refractivity contribution >= 4 is 17.5 Å². The molecule has 0 unspecified atom stereocenters. The average Bonchev–Trinajstić information content (AvgIpc) is 2.37. The minimum Gasteiger partial charge on any atom is -0.383 e. The standard InChI is InChI=1S/C13H19ClN2O2/c1-18-9-8-15-10-13(17)16-7-6-11-4-2-3-5-12(11)14/h2-5,15H,6-10H2,1H3,(H,16,17). The molecule has 4 nitrogen and oxygen atoms in total. The van der Waals surface area contributed by atoms with Crippen LogP contribution in [0.15, 0.2) is 24.3 Å². The number of benzene rings is 1. The van der Waals surface area contributed by atoms with Crippen LogP contribution in [-0.2, 0) is 16.0 Å². The van der Waals surface area contributed by atoms with Gasteiger partial charge in [0.15, 0.2) is 0 Å². The molecule has 0 fully saturated rings. The van der Waals surface area contributed by atoms with E-state index in [-0.39, 0.29) is 5.91 Å². The summed E-state index contributed by atoms with van der Waals surface area (Å²) in [7, 11) is 1.63. The topological polar surface area (TPSA) is 50.4 Å². The highest BCUT2D eigenvalue weighted by atomic mass is 35.5. The second kappa shape index (κ2) is 8.91. The van der Waals surface area contributed by atoms with Gasteiger partial charge in [0.05, 0.1) is 13.2 Å². The first-order chi connectivity index (χ1) is 8.74. The predicted molar refractivity (Wildman–Crippen MR) is 72.9 cm³/mol. The molecule has 2 N–H and O–H groups in total. The molecular formula is C13H19ClN2O2. The molecule has 1 aromatic carbocycles. The highest BCUT2D eigenvalue weighted by molar-refractivity contribution is 6.31. The van der Waals surface area contributed by atoms with E-state index in [9.17, 15) is 4.79 Å². The number of carbonyl (C=O) groups is 1. The molecule has 0 saturated heterocycles. The van der Waals surface area contributed by atoms with Gasteiger partial charge in [-0.05, 0) is 18.1 Å². The van der Waals surface area contributed by atoms with E-state index in [2.05, 4.69) is 10.6 Å². The molecule has 5 heteroatoms. The smallest absolute Gasteiger partial charge is 0.233 e. The molecule has 0 atom stereocenters. The zero-order chi connectivity index (χ0) is 13.2. The summed E-state index contributed by atoms with van der Waals surface area (Å²) in [6.07, 6.45) is 0.740. The maximum absolute atomic E-state index is 11.4. The fraction of sp³-hybridized carbons (Fsp3) is 0.462. The van der Waals surface area contributed by atoms with Gasteiger partial charge in [0.1, 0.15) is 0 Å². The van der Waals surface area contributed by atoms with E-state index in [1.807, 2.05) is 24.3 Å². The molecule has 100 valence electrons. The van der Waals surface area contributed by atoms with Gasteiger partial charge in [-0.3, -0.25) is 4.79 Å². The number of nitrogens with one attached hydrogen (secondary N) is 2. The number of methoxy groups -OCH3 is 1. The Bertz CT molecular complexity index is 372. The first-order valence-corrected chi connectivity index (χ1v) is 6.31. The van der Waals surface area contributed by atoms with Gasteiger partial charge in [-0.15, -0.1) is 0 Å². The third-order valence-corrected chi connectivity index (χ3v) is 2.81. The van der Waals surface area contributed by atoms with Crippen LogP contribution in [0.1, 0.15) is 5.56 Å². The van der Waals surface area contributed by atoms with Crippen molar-refractivity contribution in [3.63, 3.8) is 0 Å². The van der Waals surface area contributed by atoms with Crippen LogP contribution in [0.5, 0.6) is 0 Å². The van der Waals surface area contributed by atoms with Gasteiger partial charge in [0.2, 0.25) is 5.91 Å². The Morgan fingerprint density at radius 3 is 2.83 bits per heavy atom. The fourth-order valence-corrected chi connectivity index (χ4v) is 1.71. The average molecular weight is 271 g/mol. The van der Waals surface area contributed by atoms with Crippen LogP contribution < -0.4 is 10.6 Å². The van der Waals surface area contributed by atoms with E-state index in [0.29, 0.717) is 26.2 Å². The van der Waals surface area contributed by atoms with Gasteiger partial charge in [-0.2, -0.15) is 0 Å². The Hall–Kier alpha value is -1.10. The van der Waals surface area contributed by atoms with Crippen LogP contribution in [0.3, 0.4) is 0 Å². The summed E-state index contributed by atoms with van der Waals surface area (Å²) in [6.45, 7) is 2.18. The number of rotatable bonds is 8. The molecule has 1 aromatic rings. The zero-order valence-corrected chi connectivity index (χ0v) is 11.3. The number of carbonyl (C=O) groups excluding carboxylic acids is 1. The summed E-state index contributed by atoms with van der Waals surface area (Å²) in [6, 6.07) is 7.65. The van der Waals surface area contributed by atoms with Crippen LogP contribution >= 0.6 is 11.6 Å². The summed E-state index contributed by atoms with van der Waals surface area (Å²) in [5.74, 6) is -0.0156. The van der Waals surface area contributed by atoms with Crippen molar-refractivity contribution < 1.29 is 9.53 Å². The molecule has 1 amide bonds. The molecule has 0 heterocycles. The molecule has 0 bridgehead atoms. The summed E-state index contributed by atoms with van der Waals surface area (Å²) in [5.41, 5.74) is 1.05. The lowest BCUT2D eigenvalue weighted by molar-refractivity contribution is -0.120. The van der Waals surface area contributed by atoms with E-state index in [4.69, 9.17) is 16.3 Å². The van der Waals surface area contributed by atoms with Crippen molar-refractivity contribution in [2.45, 2.75) is 6.42 Å². The maximum atomic E-state index is 11.4. The molecule has 1 rings (SSSR count). The largest absolute Gasteiger partial charge is 0.383 e. The highest BCUT2D eigenvalue weighted by Gasteiger charge is 2.02. The van der Waals surface area contributed by atoms with Crippen LogP contribution in [0, 0.1) is 0 Å². The van der Waals surface area contributed by atoms with Crippen molar-refractivity contribution in [3.8, 4) is 0 Å².